The van der Waals surface area contributed by atoms with Gasteiger partial charge in [0.2, 0.25) is 0 Å². The fraction of sp³-hybridized carbons (Fsp3) is 1.00. The van der Waals surface area contributed by atoms with E-state index in [1.165, 1.54) is 0 Å². The molecule has 0 bridgehead atoms. The van der Waals surface area contributed by atoms with Crippen molar-refractivity contribution in [2.45, 2.75) is 57.7 Å². The fourth-order valence-corrected chi connectivity index (χ4v) is 1.66. The second-order valence-electron chi connectivity index (χ2n) is 5.42. The normalized spacial score (nSPS) is 24.8. The molecule has 2 N–H and O–H groups in total. The largest absolute Gasteiger partial charge is 0.475 e. The van der Waals surface area contributed by atoms with Crippen molar-refractivity contribution in [3.8, 4) is 0 Å². The van der Waals surface area contributed by atoms with Crippen molar-refractivity contribution in [1.29, 1.82) is 0 Å². The first-order valence-corrected chi connectivity index (χ1v) is 5.90. The molecule has 5 heteroatoms. The molecule has 0 aromatic carbocycles. The zero-order valence-corrected chi connectivity index (χ0v) is 11.1. The number of hydrogen-bond acceptors (Lipinski definition) is 4. The summed E-state index contributed by atoms with van der Waals surface area (Å²) in [4.78, 5) is 0. The highest BCUT2D eigenvalue weighted by molar-refractivity contribution is 6.47. The van der Waals surface area contributed by atoms with Crippen molar-refractivity contribution in [2.24, 2.45) is 5.73 Å². The molecule has 94 valence electrons. The minimum absolute atomic E-state index is 0.0869. The van der Waals surface area contributed by atoms with Crippen LogP contribution in [0.5, 0.6) is 0 Å². The average molecular weight is 229 g/mol. The van der Waals surface area contributed by atoms with Gasteiger partial charge in [-0.05, 0) is 40.5 Å². The van der Waals surface area contributed by atoms with Gasteiger partial charge in [-0.2, -0.15) is 0 Å². The van der Waals surface area contributed by atoms with Crippen LogP contribution in [0, 0.1) is 0 Å². The van der Waals surface area contributed by atoms with Gasteiger partial charge in [0.25, 0.3) is 0 Å². The van der Waals surface area contributed by atoms with E-state index in [0.29, 0.717) is 0 Å². The van der Waals surface area contributed by atoms with Crippen LogP contribution in [-0.2, 0) is 14.0 Å². The first-order chi connectivity index (χ1) is 7.30. The van der Waals surface area contributed by atoms with Crippen LogP contribution in [0.15, 0.2) is 0 Å². The summed E-state index contributed by atoms with van der Waals surface area (Å²) in [6.07, 6.45) is 1.78. The predicted octanol–water partition coefficient (Wildman–Crippen LogP) is 1.37. The maximum atomic E-state index is 6.06. The van der Waals surface area contributed by atoms with Crippen LogP contribution in [0.1, 0.15) is 40.5 Å². The molecule has 0 radical (unpaired) electrons. The van der Waals surface area contributed by atoms with E-state index in [0.717, 1.165) is 19.4 Å². The van der Waals surface area contributed by atoms with Crippen LogP contribution < -0.4 is 5.73 Å². The Morgan fingerprint density at radius 3 is 2.12 bits per heavy atom. The summed E-state index contributed by atoms with van der Waals surface area (Å²) in [5.41, 5.74) is 5.47. The van der Waals surface area contributed by atoms with Gasteiger partial charge in [-0.25, -0.2) is 0 Å². The number of nitrogens with two attached hydrogens (primary N) is 1. The minimum atomic E-state index is -0.304. The van der Waals surface area contributed by atoms with Crippen LogP contribution in [0.4, 0.5) is 0 Å². The summed E-state index contributed by atoms with van der Waals surface area (Å²) >= 11 is 0. The molecule has 0 saturated carbocycles. The monoisotopic (exact) mass is 229 g/mol. The summed E-state index contributed by atoms with van der Waals surface area (Å²) in [5, 5.41) is 0. The SMILES string of the molecule is COCCC[C@@H](N)B1OC(C)(C)C(C)(C)O1. The minimum Gasteiger partial charge on any atom is -0.402 e. The van der Waals surface area contributed by atoms with Crippen molar-refractivity contribution in [3.63, 3.8) is 0 Å². The van der Waals surface area contributed by atoms with Gasteiger partial charge in [0.1, 0.15) is 0 Å². The zero-order chi connectivity index (χ0) is 12.4. The molecule has 0 unspecified atom stereocenters. The predicted molar refractivity (Wildman–Crippen MR) is 65.2 cm³/mol. The third kappa shape index (κ3) is 2.97. The van der Waals surface area contributed by atoms with E-state index in [2.05, 4.69) is 0 Å². The number of ether oxygens (including phenoxy) is 1. The van der Waals surface area contributed by atoms with E-state index >= 15 is 0 Å². The van der Waals surface area contributed by atoms with E-state index in [-0.39, 0.29) is 24.3 Å². The second kappa shape index (κ2) is 5.04. The molecule has 0 amide bonds. The maximum absolute atomic E-state index is 6.06. The van der Waals surface area contributed by atoms with Gasteiger partial charge in [0.15, 0.2) is 0 Å². The van der Waals surface area contributed by atoms with Gasteiger partial charge in [0.05, 0.1) is 11.2 Å². The zero-order valence-electron chi connectivity index (χ0n) is 11.1. The standard InChI is InChI=1S/C11H24BNO3/c1-10(2)11(3,4)16-12(15-10)9(13)7-6-8-14-5/h9H,6-8,13H2,1-5H3/t9-/m1/s1. The molecule has 1 saturated heterocycles. The summed E-state index contributed by atoms with van der Waals surface area (Å²) in [6.45, 7) is 8.88. The smallest absolute Gasteiger partial charge is 0.402 e. The van der Waals surface area contributed by atoms with Gasteiger partial charge in [-0.15, -0.1) is 0 Å². The highest BCUT2D eigenvalue weighted by Gasteiger charge is 2.52. The summed E-state index contributed by atoms with van der Waals surface area (Å²) in [5.74, 6) is -0.0869. The van der Waals surface area contributed by atoms with Crippen LogP contribution in [0.25, 0.3) is 0 Å². The molecule has 1 aliphatic heterocycles. The molecule has 0 aromatic rings. The van der Waals surface area contributed by atoms with Crippen molar-refractivity contribution in [2.75, 3.05) is 13.7 Å². The van der Waals surface area contributed by atoms with E-state index < -0.39 is 0 Å². The lowest BCUT2D eigenvalue weighted by molar-refractivity contribution is 0.00578. The molecule has 1 aliphatic rings. The van der Waals surface area contributed by atoms with Gasteiger partial charge >= 0.3 is 7.12 Å². The third-order valence-corrected chi connectivity index (χ3v) is 3.51. The van der Waals surface area contributed by atoms with Crippen molar-refractivity contribution >= 4 is 7.12 Å². The maximum Gasteiger partial charge on any atom is 0.475 e. The molecule has 1 heterocycles. The van der Waals surface area contributed by atoms with E-state index in [1.807, 2.05) is 27.7 Å². The van der Waals surface area contributed by atoms with Crippen molar-refractivity contribution < 1.29 is 14.0 Å². The number of methoxy groups -OCH3 is 1. The Hall–Kier alpha value is -0.0951. The second-order valence-corrected chi connectivity index (χ2v) is 5.42. The average Bonchev–Trinajstić information content (AvgIpc) is 2.36. The number of rotatable bonds is 5. The van der Waals surface area contributed by atoms with Gasteiger partial charge in [-0.1, -0.05) is 0 Å². The molecule has 1 fully saturated rings. The lowest BCUT2D eigenvalue weighted by Gasteiger charge is -2.32. The first-order valence-electron chi connectivity index (χ1n) is 5.90. The van der Waals surface area contributed by atoms with Gasteiger partial charge in [-0.3, -0.25) is 0 Å². The molecule has 4 nitrogen and oxygen atoms in total. The molecule has 1 rings (SSSR count). The molecular weight excluding hydrogens is 205 g/mol. The summed E-state index contributed by atoms with van der Waals surface area (Å²) < 4.78 is 16.7. The highest BCUT2D eigenvalue weighted by atomic mass is 16.7. The Bertz CT molecular complexity index is 217. The Morgan fingerprint density at radius 1 is 1.19 bits per heavy atom. The van der Waals surface area contributed by atoms with E-state index in [4.69, 9.17) is 19.8 Å². The first kappa shape index (κ1) is 14.0. The highest BCUT2D eigenvalue weighted by Crippen LogP contribution is 2.37. The van der Waals surface area contributed by atoms with Crippen molar-refractivity contribution in [1.82, 2.24) is 0 Å². The summed E-state index contributed by atoms with van der Waals surface area (Å²) in [7, 11) is 1.39. The Labute approximate surface area is 99.0 Å². The van der Waals surface area contributed by atoms with Crippen molar-refractivity contribution in [3.05, 3.63) is 0 Å². The van der Waals surface area contributed by atoms with Crippen LogP contribution in [-0.4, -0.2) is 38.0 Å². The van der Waals surface area contributed by atoms with Crippen LogP contribution in [0.2, 0.25) is 0 Å². The van der Waals surface area contributed by atoms with Gasteiger partial charge < -0.3 is 19.8 Å². The molecular formula is C11H24BNO3. The summed E-state index contributed by atoms with van der Waals surface area (Å²) in [6, 6.07) is 0. The Balaban J connectivity index is 2.46. The Kier molecular flexibility index (Phi) is 4.40. The van der Waals surface area contributed by atoms with Crippen LogP contribution in [0.3, 0.4) is 0 Å². The molecule has 0 aromatic heterocycles. The molecule has 0 spiro atoms. The van der Waals surface area contributed by atoms with Crippen LogP contribution >= 0.6 is 0 Å². The lowest BCUT2D eigenvalue weighted by atomic mass is 9.76. The number of hydrogen-bond donors (Lipinski definition) is 1. The fourth-order valence-electron chi connectivity index (χ4n) is 1.66. The van der Waals surface area contributed by atoms with E-state index in [9.17, 15) is 0 Å². The molecule has 16 heavy (non-hydrogen) atoms. The van der Waals surface area contributed by atoms with E-state index in [1.54, 1.807) is 7.11 Å². The quantitative estimate of drug-likeness (QED) is 0.571. The van der Waals surface area contributed by atoms with Gasteiger partial charge in [0, 0.05) is 19.7 Å². The molecule has 0 aliphatic carbocycles. The topological polar surface area (TPSA) is 53.7 Å². The third-order valence-electron chi connectivity index (χ3n) is 3.51. The lowest BCUT2D eigenvalue weighted by Crippen LogP contribution is -2.41. The molecule has 1 atom stereocenters. The Morgan fingerprint density at radius 2 is 1.69 bits per heavy atom.